The molecule has 10 rings (SSSR count). The summed E-state index contributed by atoms with van der Waals surface area (Å²) >= 11 is 0. The lowest BCUT2D eigenvalue weighted by Gasteiger charge is -2.32. The van der Waals surface area contributed by atoms with Gasteiger partial charge in [-0.3, -0.25) is 0 Å². The molecule has 0 bridgehead atoms. The number of para-hydroxylation sites is 1. The summed E-state index contributed by atoms with van der Waals surface area (Å²) in [6.45, 7) is 21.6. The normalized spacial score (nSPS) is 19.7. The van der Waals surface area contributed by atoms with Crippen LogP contribution in [0.15, 0.2) is 108 Å². The van der Waals surface area contributed by atoms with Crippen LogP contribution >= 0.6 is 0 Å². The van der Waals surface area contributed by atoms with Crippen molar-refractivity contribution in [3.8, 4) is 22.6 Å². The number of imidazole rings is 1. The molecule has 3 aromatic carbocycles. The van der Waals surface area contributed by atoms with Gasteiger partial charge in [0.2, 0.25) is 5.69 Å². The molecule has 3 aliphatic rings. The Balaban J connectivity index is 1.31. The highest BCUT2D eigenvalue weighted by Crippen LogP contribution is 2.50. The minimum atomic E-state index is -1.59. The molecule has 2 aliphatic heterocycles. The molecule has 0 fully saturated rings. The van der Waals surface area contributed by atoms with Crippen molar-refractivity contribution in [3.63, 3.8) is 0 Å². The zero-order valence-corrected chi connectivity index (χ0v) is 33.0. The van der Waals surface area contributed by atoms with E-state index >= 15 is 0 Å². The highest BCUT2D eigenvalue weighted by atomic mass is 28.3. The Morgan fingerprint density at radius 2 is 1.77 bits per heavy atom. The van der Waals surface area contributed by atoms with Gasteiger partial charge >= 0.3 is 5.82 Å². The Hall–Kier alpha value is -5.07. The fourth-order valence-electron chi connectivity index (χ4n) is 10.0. The van der Waals surface area contributed by atoms with E-state index in [2.05, 4.69) is 146 Å². The van der Waals surface area contributed by atoms with E-state index in [4.69, 9.17) is 16.0 Å². The second-order valence-electron chi connectivity index (χ2n) is 17.1. The lowest BCUT2D eigenvalue weighted by Crippen LogP contribution is -2.52. The van der Waals surface area contributed by atoms with Crippen LogP contribution < -0.4 is 14.3 Å². The van der Waals surface area contributed by atoms with Crippen molar-refractivity contribution >= 4 is 57.8 Å². The van der Waals surface area contributed by atoms with E-state index in [0.29, 0.717) is 17.8 Å². The minimum Gasteiger partial charge on any atom is -0.455 e. The molecule has 0 saturated heterocycles. The Bertz CT molecular complexity index is 2740. The maximum absolute atomic E-state index is 7.01. The highest BCUT2D eigenvalue weighted by Gasteiger charge is 2.48. The van der Waals surface area contributed by atoms with Crippen LogP contribution in [0.5, 0.6) is 0 Å². The number of benzene rings is 3. The van der Waals surface area contributed by atoms with Gasteiger partial charge in [-0.05, 0) is 72.2 Å². The number of hydrogen-bond donors (Lipinski definition) is 0. The minimum absolute atomic E-state index is 0.203. The summed E-state index contributed by atoms with van der Waals surface area (Å²) in [4.78, 5) is 5.17. The van der Waals surface area contributed by atoms with Crippen molar-refractivity contribution in [1.82, 2.24) is 9.55 Å². The quantitative estimate of drug-likeness (QED) is 0.135. The Labute approximate surface area is 312 Å². The molecule has 7 aromatic rings. The topological polar surface area (TPSA) is 38.7 Å². The fraction of sp³-hybridized carbons (Fsp3) is 0.298. The Morgan fingerprint density at radius 3 is 2.57 bits per heavy atom. The average molecular weight is 713 g/mol. The van der Waals surface area contributed by atoms with E-state index in [1.807, 2.05) is 6.20 Å². The summed E-state index contributed by atoms with van der Waals surface area (Å²) in [5.41, 5.74) is 15.8. The standard InChI is InChI=1S/C47H48N4OSi/c1-27(2)41-30(5)44(41)51-38-17-13-23-48-46(38)50-29(4)25-39-35(33-14-9-10-15-34(33)37-22-20-32(26-49(37)39)53(6,7)8)21-19-31-24-28(3)42-36-16-11-12-18-40(36)52-45(42)43(31)47(50)51/h9-18,20,22-24,26-27,30,35,39H,4,19,21,25H2,1-3,5-8H3/q+2. The van der Waals surface area contributed by atoms with Gasteiger partial charge in [-0.1, -0.05) is 95.5 Å². The first-order valence-electron chi connectivity index (χ1n) is 19.5. The van der Waals surface area contributed by atoms with Crippen LogP contribution in [0.2, 0.25) is 19.6 Å². The number of aromatic nitrogens is 4. The van der Waals surface area contributed by atoms with Gasteiger partial charge in [0, 0.05) is 45.6 Å². The molecule has 0 saturated carbocycles. The van der Waals surface area contributed by atoms with Gasteiger partial charge in [0.15, 0.2) is 23.3 Å². The van der Waals surface area contributed by atoms with Gasteiger partial charge < -0.3 is 4.42 Å². The van der Waals surface area contributed by atoms with Crippen LogP contribution in [0.3, 0.4) is 0 Å². The fourth-order valence-corrected chi connectivity index (χ4v) is 11.1. The van der Waals surface area contributed by atoms with Crippen molar-refractivity contribution in [3.05, 3.63) is 120 Å². The monoisotopic (exact) mass is 712 g/mol. The molecule has 6 heterocycles. The van der Waals surface area contributed by atoms with Gasteiger partial charge in [-0.25, -0.2) is 4.98 Å². The molecule has 0 amide bonds. The molecule has 3 atom stereocenters. The maximum atomic E-state index is 7.01. The van der Waals surface area contributed by atoms with Crippen LogP contribution in [-0.4, -0.2) is 17.6 Å². The number of allylic oxidation sites excluding steroid dienone is 3. The number of furan rings is 1. The van der Waals surface area contributed by atoms with E-state index in [-0.39, 0.29) is 6.04 Å². The van der Waals surface area contributed by atoms with Crippen molar-refractivity contribution in [2.24, 2.45) is 11.8 Å². The molecule has 3 unspecified atom stereocenters. The number of pyridine rings is 2. The van der Waals surface area contributed by atoms with Gasteiger partial charge in [0.1, 0.15) is 22.5 Å². The van der Waals surface area contributed by atoms with Crippen LogP contribution in [0, 0.1) is 18.8 Å². The largest absolute Gasteiger partial charge is 0.455 e. The molecule has 53 heavy (non-hydrogen) atoms. The summed E-state index contributed by atoms with van der Waals surface area (Å²) in [6.07, 6.45) is 7.19. The zero-order valence-electron chi connectivity index (χ0n) is 32.0. The lowest BCUT2D eigenvalue weighted by molar-refractivity contribution is -0.716. The first-order chi connectivity index (χ1) is 25.5. The molecular weight excluding hydrogens is 665 g/mol. The average Bonchev–Trinajstić information content (AvgIpc) is 3.48. The van der Waals surface area contributed by atoms with Crippen molar-refractivity contribution in [2.75, 3.05) is 0 Å². The molecule has 4 aromatic heterocycles. The van der Waals surface area contributed by atoms with Crippen LogP contribution in [-0.2, 0) is 6.42 Å². The van der Waals surface area contributed by atoms with E-state index in [1.165, 1.54) is 60.7 Å². The predicted molar refractivity (Wildman–Crippen MR) is 220 cm³/mol. The Kier molecular flexibility index (Phi) is 7.04. The molecule has 1 aliphatic carbocycles. The van der Waals surface area contributed by atoms with E-state index in [0.717, 1.165) is 53.1 Å². The van der Waals surface area contributed by atoms with Gasteiger partial charge in [0.25, 0.3) is 5.65 Å². The number of hydrogen-bond acceptors (Lipinski definition) is 2. The molecular formula is C47H48N4OSi+2. The summed E-state index contributed by atoms with van der Waals surface area (Å²) in [5.74, 6) is 2.27. The Morgan fingerprint density at radius 1 is 0.981 bits per heavy atom. The van der Waals surface area contributed by atoms with Crippen molar-refractivity contribution in [2.45, 2.75) is 78.6 Å². The van der Waals surface area contributed by atoms with Gasteiger partial charge in [-0.2, -0.15) is 13.7 Å². The summed E-state index contributed by atoms with van der Waals surface area (Å²) in [7, 11) is -1.59. The molecule has 6 heteroatoms. The SMILES string of the molecule is C=C1CC2C(CCc3cc(C)c4c(oc5ccccc54)c3-c3n1c1ncccc1[n+]3C1=C(C(C)C)C1C)c1ccccc1-c1ccc([Si](C)(C)C)c[n+]12. The van der Waals surface area contributed by atoms with Crippen LogP contribution in [0.1, 0.15) is 62.3 Å². The van der Waals surface area contributed by atoms with Crippen molar-refractivity contribution < 1.29 is 13.6 Å². The van der Waals surface area contributed by atoms with Gasteiger partial charge in [-0.15, -0.1) is 0 Å². The third kappa shape index (κ3) is 4.70. The lowest BCUT2D eigenvalue weighted by atomic mass is 9.77. The number of rotatable bonds is 3. The second kappa shape index (κ2) is 11.5. The number of fused-ring (bicyclic) bond motifs is 15. The van der Waals surface area contributed by atoms with Crippen molar-refractivity contribution in [1.29, 1.82) is 0 Å². The molecule has 5 nitrogen and oxygen atoms in total. The van der Waals surface area contributed by atoms with E-state index in [9.17, 15) is 0 Å². The molecule has 0 N–H and O–H groups in total. The molecule has 0 radical (unpaired) electrons. The predicted octanol–water partition coefficient (Wildman–Crippen LogP) is 10.4. The van der Waals surface area contributed by atoms with Gasteiger partial charge in [0.05, 0.1) is 14.5 Å². The third-order valence-electron chi connectivity index (χ3n) is 12.5. The first-order valence-corrected chi connectivity index (χ1v) is 23.0. The summed E-state index contributed by atoms with van der Waals surface area (Å²) < 4.78 is 14.6. The summed E-state index contributed by atoms with van der Waals surface area (Å²) in [5, 5.41) is 3.85. The first kappa shape index (κ1) is 32.6. The smallest absolute Gasteiger partial charge is 0.305 e. The maximum Gasteiger partial charge on any atom is 0.305 e. The van der Waals surface area contributed by atoms with Crippen LogP contribution in [0.4, 0.5) is 0 Å². The van der Waals surface area contributed by atoms with E-state index in [1.54, 1.807) is 0 Å². The molecule has 0 spiro atoms. The third-order valence-corrected chi connectivity index (χ3v) is 14.6. The number of nitrogens with zero attached hydrogens (tertiary/aromatic N) is 4. The second-order valence-corrected chi connectivity index (χ2v) is 22.2. The number of aryl methyl sites for hydroxylation is 2. The zero-order chi connectivity index (χ0) is 36.5. The van der Waals surface area contributed by atoms with Crippen LogP contribution in [0.25, 0.3) is 67.1 Å². The molecule has 264 valence electrons. The highest BCUT2D eigenvalue weighted by molar-refractivity contribution is 6.88. The summed E-state index contributed by atoms with van der Waals surface area (Å²) in [6, 6.07) is 29.5. The van der Waals surface area contributed by atoms with E-state index < -0.39 is 8.07 Å².